The molecule has 0 spiro atoms. The van der Waals surface area contributed by atoms with Crippen LogP contribution in [0.5, 0.6) is 0 Å². The van der Waals surface area contributed by atoms with Crippen LogP contribution in [0.2, 0.25) is 32.7 Å². The van der Waals surface area contributed by atoms with Crippen LogP contribution < -0.4 is 0 Å². The normalized spacial score (nSPS) is 11.8. The molecule has 15 nitrogen and oxygen atoms in total. The second-order valence-corrected chi connectivity index (χ2v) is 83.9. The summed E-state index contributed by atoms with van der Waals surface area (Å²) in [5.41, 5.74) is 0. The second-order valence-electron chi connectivity index (χ2n) is 7.74. The molecule has 0 amide bonds. The Morgan fingerprint density at radius 1 is 0.579 bits per heavy atom. The Labute approximate surface area is 243 Å². The summed E-state index contributed by atoms with van der Waals surface area (Å²) >= 11 is 0. The van der Waals surface area contributed by atoms with Crippen molar-refractivity contribution < 1.29 is 65.9 Å². The van der Waals surface area contributed by atoms with Crippen molar-refractivity contribution >= 4 is 147 Å². The largest absolute Gasteiger partial charge is 0.456 e. The van der Waals surface area contributed by atoms with E-state index in [9.17, 15) is 53.5 Å². The van der Waals surface area contributed by atoms with Crippen molar-refractivity contribution in [3.05, 3.63) is 0 Å². The Balaban J connectivity index is 5.18. The lowest BCUT2D eigenvalue weighted by Gasteiger charge is -2.14. The van der Waals surface area contributed by atoms with E-state index in [0.717, 1.165) is 0 Å². The smallest absolute Gasteiger partial charge is 0.381 e. The van der Waals surface area contributed by atoms with Crippen LogP contribution in [0, 0.1) is 0 Å². The summed E-state index contributed by atoms with van der Waals surface area (Å²) < 4.78 is 164. The average Bonchev–Trinajstić information content (AvgIpc) is 2.89. The molecule has 0 aromatic carbocycles. The summed E-state index contributed by atoms with van der Waals surface area (Å²) in [6.07, 6.45) is 0. The van der Waals surface area contributed by atoms with Crippen LogP contribution in [0.25, 0.3) is 0 Å². The molecule has 0 saturated heterocycles. The van der Waals surface area contributed by atoms with Crippen LogP contribution in [0.3, 0.4) is 0 Å². The van der Waals surface area contributed by atoms with Gasteiger partial charge in [0.25, 0.3) is 18.6 Å². The van der Waals surface area contributed by atoms with Gasteiger partial charge in [0, 0.05) is 0 Å². The van der Waals surface area contributed by atoms with Gasteiger partial charge < -0.3 is 65.9 Å². The minimum atomic E-state index is -3.89. The van der Waals surface area contributed by atoms with Crippen LogP contribution in [-0.2, 0) is 65.9 Å². The third-order valence-electron chi connectivity index (χ3n) is 4.01. The summed E-state index contributed by atoms with van der Waals surface area (Å²) in [5.74, 6) is 0. The molecule has 0 aliphatic carbocycles. The second kappa shape index (κ2) is 18.1. The Bertz CT molecular complexity index is 1150. The van der Waals surface area contributed by atoms with Crippen molar-refractivity contribution in [1.82, 2.24) is 0 Å². The van der Waals surface area contributed by atoms with Crippen molar-refractivity contribution in [3.63, 3.8) is 0 Å². The Morgan fingerprint density at radius 3 is 1.37 bits per heavy atom. The van der Waals surface area contributed by atoms with E-state index in [1.807, 2.05) is 23.6 Å². The summed E-state index contributed by atoms with van der Waals surface area (Å²) in [4.78, 5) is 0. The van der Waals surface area contributed by atoms with E-state index in [0.29, 0.717) is 0 Å². The summed E-state index contributed by atoms with van der Waals surface area (Å²) in [7, 11) is -48.5. The fraction of sp³-hybridized carbons (Fsp3) is 1.00. The van der Waals surface area contributed by atoms with E-state index < -0.39 is 137 Å². The van der Waals surface area contributed by atoms with Gasteiger partial charge in [-0.05, 0) is 32.7 Å². The SMILES string of the molecule is C[SiH](C)O[Si][Si](=O)[Si](=O)[Si](=O)[SiH](C)O[Si][Si](=O)[Si](=O)[Si](=O)[Si](=O)[Si](=O)[Si](=O)[Si](=O)[Si](=O)[Si](=O)[Si](C)(C)O[SiH]. The fourth-order valence-corrected chi connectivity index (χ4v) is 150. The van der Waals surface area contributed by atoms with Crippen LogP contribution in [0.4, 0.5) is 0 Å². The molecule has 0 aromatic heterocycles. The van der Waals surface area contributed by atoms with Gasteiger partial charge in [-0.25, -0.2) is 0 Å². The fourth-order valence-electron chi connectivity index (χ4n) is 1.80. The molecule has 38 heavy (non-hydrogen) atoms. The Hall–Kier alpha value is 1.38. The standard InChI is InChI=1S/C5H18O15Si18/c1-24(2)19-22-26(6)29(9)28(8)25(3)20-23-27(7)30(10)31(11)32(12)33(13)34(14)35(15)36(16)37(17)38(4,5)18-21/h21,24-25H,1-5H3. The first kappa shape index (κ1) is 39.4. The van der Waals surface area contributed by atoms with Crippen molar-refractivity contribution in [2.45, 2.75) is 32.7 Å². The molecule has 0 aliphatic heterocycles. The maximum absolute atomic E-state index is 12.4. The highest BCUT2D eigenvalue weighted by Gasteiger charge is 2.53. The molecule has 0 aliphatic rings. The van der Waals surface area contributed by atoms with Crippen molar-refractivity contribution in [2.24, 2.45) is 0 Å². The zero-order chi connectivity index (χ0) is 30.1. The van der Waals surface area contributed by atoms with E-state index in [4.69, 9.17) is 12.3 Å². The van der Waals surface area contributed by atoms with Crippen LogP contribution in [-0.4, -0.2) is 147 Å². The van der Waals surface area contributed by atoms with Gasteiger partial charge in [-0.1, -0.05) is 0 Å². The molecular formula is C5H18O15Si18. The first-order chi connectivity index (χ1) is 17.3. The molecular weight excluding hydrogens is 806 g/mol. The lowest BCUT2D eigenvalue weighted by Crippen LogP contribution is -2.57. The van der Waals surface area contributed by atoms with Crippen molar-refractivity contribution in [3.8, 4) is 0 Å². The van der Waals surface area contributed by atoms with E-state index in [1.54, 1.807) is 0 Å². The zero-order valence-corrected chi connectivity index (χ0v) is 38.8. The number of hydrogen-bond acceptors (Lipinski definition) is 15. The van der Waals surface area contributed by atoms with Crippen LogP contribution in [0.15, 0.2) is 0 Å². The third kappa shape index (κ3) is 11.9. The summed E-state index contributed by atoms with van der Waals surface area (Å²) in [6, 6.07) is 0. The van der Waals surface area contributed by atoms with Crippen molar-refractivity contribution in [1.29, 1.82) is 0 Å². The number of hydrogen-bond donors (Lipinski definition) is 0. The summed E-state index contributed by atoms with van der Waals surface area (Å²) in [5, 5.41) is 0. The molecule has 33 heteroatoms. The van der Waals surface area contributed by atoms with Gasteiger partial charge >= 0.3 is 92.6 Å². The van der Waals surface area contributed by atoms with E-state index in [-0.39, 0.29) is 0 Å². The molecule has 0 heterocycles. The zero-order valence-electron chi connectivity index (χ0n) is 20.4. The molecule has 0 bridgehead atoms. The molecule has 200 valence electrons. The molecule has 6 radical (unpaired) electrons. The van der Waals surface area contributed by atoms with Gasteiger partial charge in [0.1, 0.15) is 0 Å². The van der Waals surface area contributed by atoms with Gasteiger partial charge in [-0.2, -0.15) is 0 Å². The maximum Gasteiger partial charge on any atom is 0.381 e. The molecule has 0 N–H and O–H groups in total. The molecule has 0 aromatic rings. The lowest BCUT2D eigenvalue weighted by atomic mass is 11.9. The van der Waals surface area contributed by atoms with Gasteiger partial charge in [0.15, 0.2) is 19.5 Å². The highest BCUT2D eigenvalue weighted by atomic mass is 30.1. The molecule has 0 saturated carbocycles. The van der Waals surface area contributed by atoms with Gasteiger partial charge in [0.05, 0.1) is 0 Å². The minimum absolute atomic E-state index is 0.517. The van der Waals surface area contributed by atoms with Gasteiger partial charge in [-0.15, -0.1) is 0 Å². The first-order valence-corrected chi connectivity index (χ1v) is 51.4. The molecule has 1 atom stereocenters. The van der Waals surface area contributed by atoms with Crippen LogP contribution in [0.1, 0.15) is 0 Å². The predicted molar refractivity (Wildman–Crippen MR) is 149 cm³/mol. The molecule has 0 rings (SSSR count). The highest BCUT2D eigenvalue weighted by Crippen LogP contribution is 2.02. The number of rotatable bonds is 19. The summed E-state index contributed by atoms with van der Waals surface area (Å²) in [6.45, 7) is 7.81. The van der Waals surface area contributed by atoms with E-state index in [1.165, 1.54) is 19.6 Å². The molecule has 1 unspecified atom stereocenters. The predicted octanol–water partition coefficient (Wildman–Crippen LogP) is -6.37. The minimum Gasteiger partial charge on any atom is -0.456 e. The quantitative estimate of drug-likeness (QED) is 0.110. The van der Waals surface area contributed by atoms with Crippen molar-refractivity contribution in [2.75, 3.05) is 0 Å². The van der Waals surface area contributed by atoms with E-state index >= 15 is 0 Å². The molecule has 0 fully saturated rings. The maximum atomic E-state index is 12.4. The Morgan fingerprint density at radius 2 is 0.947 bits per heavy atom. The van der Waals surface area contributed by atoms with Gasteiger partial charge in [-0.3, -0.25) is 0 Å². The van der Waals surface area contributed by atoms with E-state index in [2.05, 4.69) is 0 Å². The third-order valence-corrected chi connectivity index (χ3v) is 115. The highest BCUT2D eigenvalue weighted by molar-refractivity contribution is 7.78. The van der Waals surface area contributed by atoms with Gasteiger partial charge in [0.2, 0.25) is 16.4 Å². The van der Waals surface area contributed by atoms with Crippen LogP contribution >= 0.6 is 0 Å². The average molecular weight is 824 g/mol. The topological polar surface area (TPSA) is 233 Å². The Kier molecular flexibility index (Phi) is 18.8. The first-order valence-electron chi connectivity index (χ1n) is 10.0. The monoisotopic (exact) mass is 822 g/mol. The lowest BCUT2D eigenvalue weighted by molar-refractivity contribution is 0.534.